The number of hydrogen-bond acceptors (Lipinski definition) is 3. The summed E-state index contributed by atoms with van der Waals surface area (Å²) >= 11 is 4.94. The largest absolute Gasteiger partial charge is 0.780 e. The molecule has 0 N–H and O–H groups in total. The summed E-state index contributed by atoms with van der Waals surface area (Å²) in [5.41, 5.74) is 0.898. The number of benzene rings is 1. The van der Waals surface area contributed by atoms with Gasteiger partial charge in [0.15, 0.2) is 0 Å². The Morgan fingerprint density at radius 1 is 1.58 bits per heavy atom. The molecule has 0 spiro atoms. The Kier molecular flexibility index (Phi) is 3.05. The fraction of sp³-hybridized carbons (Fsp3) is 0.222. The first-order valence-corrected chi connectivity index (χ1v) is 3.96. The highest BCUT2D eigenvalue weighted by Crippen LogP contribution is 2.05. The summed E-state index contributed by atoms with van der Waals surface area (Å²) in [5, 5.41) is 0. The molecule has 64 valence electrons. The Morgan fingerprint density at radius 3 is 2.92 bits per heavy atom. The highest BCUT2D eigenvalue weighted by molar-refractivity contribution is 7.58. The fourth-order valence-electron chi connectivity index (χ4n) is 0.894. The Balaban J connectivity index is 2.69. The van der Waals surface area contributed by atoms with E-state index in [2.05, 4.69) is 4.74 Å². The molecular formula is C9H9O2S-. The molecule has 3 heteroatoms. The van der Waals surface area contributed by atoms with Gasteiger partial charge in [-0.3, -0.25) is 4.79 Å². The van der Waals surface area contributed by atoms with Crippen LogP contribution < -0.4 is 0 Å². The zero-order chi connectivity index (χ0) is 8.97. The maximum absolute atomic E-state index is 10.8. The second kappa shape index (κ2) is 4.07. The smallest absolute Gasteiger partial charge is 0.309 e. The molecule has 0 heterocycles. The van der Waals surface area contributed by atoms with Crippen molar-refractivity contribution in [1.82, 2.24) is 0 Å². The van der Waals surface area contributed by atoms with Gasteiger partial charge in [-0.15, -0.1) is 0 Å². The van der Waals surface area contributed by atoms with Gasteiger partial charge in [0.25, 0.3) is 0 Å². The van der Waals surface area contributed by atoms with Crippen LogP contribution in [0.1, 0.15) is 5.56 Å². The molecule has 0 aliphatic carbocycles. The van der Waals surface area contributed by atoms with E-state index >= 15 is 0 Å². The van der Waals surface area contributed by atoms with Crippen LogP contribution in [0.25, 0.3) is 0 Å². The molecule has 1 aromatic carbocycles. The van der Waals surface area contributed by atoms with Crippen LogP contribution in [0.5, 0.6) is 0 Å². The van der Waals surface area contributed by atoms with Crippen molar-refractivity contribution >= 4 is 18.6 Å². The van der Waals surface area contributed by atoms with Gasteiger partial charge in [0.05, 0.1) is 13.5 Å². The molecule has 0 aliphatic heterocycles. The second-order valence-corrected chi connectivity index (χ2v) is 2.87. The summed E-state index contributed by atoms with van der Waals surface area (Å²) in [6.07, 6.45) is 0.293. The minimum atomic E-state index is -0.240. The predicted octanol–water partition coefficient (Wildman–Crippen LogP) is 1.31. The molecule has 1 rings (SSSR count). The van der Waals surface area contributed by atoms with Gasteiger partial charge in [0.2, 0.25) is 0 Å². The highest BCUT2D eigenvalue weighted by atomic mass is 32.1. The lowest BCUT2D eigenvalue weighted by Crippen LogP contribution is -2.04. The highest BCUT2D eigenvalue weighted by Gasteiger charge is 2.00. The summed E-state index contributed by atoms with van der Waals surface area (Å²) in [6.45, 7) is 0. The van der Waals surface area contributed by atoms with Gasteiger partial charge in [0, 0.05) is 0 Å². The zero-order valence-corrected chi connectivity index (χ0v) is 7.56. The van der Waals surface area contributed by atoms with Crippen molar-refractivity contribution in [1.29, 1.82) is 0 Å². The third kappa shape index (κ3) is 2.51. The minimum Gasteiger partial charge on any atom is -0.780 e. The second-order valence-electron chi connectivity index (χ2n) is 2.40. The monoisotopic (exact) mass is 181 g/mol. The Bertz CT molecular complexity index is 284. The van der Waals surface area contributed by atoms with Crippen LogP contribution in [0.2, 0.25) is 0 Å². The molecule has 12 heavy (non-hydrogen) atoms. The molecule has 0 aliphatic rings. The van der Waals surface area contributed by atoms with E-state index < -0.39 is 0 Å². The maximum Gasteiger partial charge on any atom is 0.309 e. The van der Waals surface area contributed by atoms with Gasteiger partial charge in [0.1, 0.15) is 0 Å². The van der Waals surface area contributed by atoms with Crippen molar-refractivity contribution in [2.45, 2.75) is 11.3 Å². The lowest BCUT2D eigenvalue weighted by atomic mass is 10.1. The van der Waals surface area contributed by atoms with Gasteiger partial charge >= 0.3 is 5.97 Å². The van der Waals surface area contributed by atoms with Crippen LogP contribution in [0.4, 0.5) is 0 Å². The first kappa shape index (κ1) is 9.00. The van der Waals surface area contributed by atoms with Crippen LogP contribution in [0.3, 0.4) is 0 Å². The molecule has 0 bridgehead atoms. The molecule has 0 aromatic heterocycles. The molecule has 0 unspecified atom stereocenters. The number of methoxy groups -OCH3 is 1. The summed E-state index contributed by atoms with van der Waals surface area (Å²) in [7, 11) is 1.37. The van der Waals surface area contributed by atoms with Crippen molar-refractivity contribution in [2.24, 2.45) is 0 Å². The Labute approximate surface area is 77.0 Å². The molecule has 1 aromatic rings. The van der Waals surface area contributed by atoms with Gasteiger partial charge in [-0.1, -0.05) is 24.3 Å². The Hall–Kier alpha value is -1.09. The van der Waals surface area contributed by atoms with Crippen molar-refractivity contribution in [3.05, 3.63) is 29.8 Å². The van der Waals surface area contributed by atoms with E-state index in [0.717, 1.165) is 10.5 Å². The summed E-state index contributed by atoms with van der Waals surface area (Å²) in [6, 6.07) is 7.30. The summed E-state index contributed by atoms with van der Waals surface area (Å²) in [5.74, 6) is -0.240. The van der Waals surface area contributed by atoms with E-state index in [9.17, 15) is 4.79 Å². The lowest BCUT2D eigenvalue weighted by molar-refractivity contribution is -0.139. The van der Waals surface area contributed by atoms with Gasteiger partial charge in [-0.2, -0.15) is 4.90 Å². The molecule has 0 amide bonds. The van der Waals surface area contributed by atoms with Crippen LogP contribution in [0.15, 0.2) is 29.2 Å². The average molecular weight is 181 g/mol. The average Bonchev–Trinajstić information content (AvgIpc) is 2.04. The first-order chi connectivity index (χ1) is 5.72. The van der Waals surface area contributed by atoms with Crippen LogP contribution in [0, 0.1) is 0 Å². The van der Waals surface area contributed by atoms with E-state index in [1.54, 1.807) is 6.07 Å². The van der Waals surface area contributed by atoms with E-state index in [-0.39, 0.29) is 5.97 Å². The summed E-state index contributed by atoms with van der Waals surface area (Å²) < 4.78 is 4.52. The van der Waals surface area contributed by atoms with Crippen molar-refractivity contribution < 1.29 is 9.53 Å². The third-order valence-electron chi connectivity index (χ3n) is 1.47. The number of esters is 1. The van der Waals surface area contributed by atoms with Gasteiger partial charge < -0.3 is 17.4 Å². The molecule has 0 atom stereocenters. The Morgan fingerprint density at radius 2 is 2.33 bits per heavy atom. The standard InChI is InChI=1S/C9H10O2S/c1-11-9(10)6-7-3-2-4-8(12)5-7/h2-5,12H,6H2,1H3/p-1. The van der Waals surface area contributed by atoms with Gasteiger partial charge in [-0.25, -0.2) is 0 Å². The number of hydrogen-bond donors (Lipinski definition) is 0. The number of rotatable bonds is 2. The topological polar surface area (TPSA) is 26.3 Å². The fourth-order valence-corrected chi connectivity index (χ4v) is 1.12. The van der Waals surface area contributed by atoms with E-state index in [0.29, 0.717) is 6.42 Å². The molecular weight excluding hydrogens is 172 g/mol. The molecule has 0 fully saturated rings. The SMILES string of the molecule is COC(=O)Cc1cccc([S-])c1. The maximum atomic E-state index is 10.8. The predicted molar refractivity (Wildman–Crippen MR) is 47.8 cm³/mol. The summed E-state index contributed by atoms with van der Waals surface area (Å²) in [4.78, 5) is 11.6. The van der Waals surface area contributed by atoms with E-state index in [1.807, 2.05) is 18.2 Å². The van der Waals surface area contributed by atoms with Crippen molar-refractivity contribution in [2.75, 3.05) is 7.11 Å². The van der Waals surface area contributed by atoms with Crippen molar-refractivity contribution in [3.63, 3.8) is 0 Å². The third-order valence-corrected chi connectivity index (χ3v) is 1.73. The zero-order valence-electron chi connectivity index (χ0n) is 6.74. The van der Waals surface area contributed by atoms with E-state index in [1.165, 1.54) is 7.11 Å². The van der Waals surface area contributed by atoms with Crippen LogP contribution in [-0.4, -0.2) is 13.1 Å². The molecule has 0 saturated carbocycles. The lowest BCUT2D eigenvalue weighted by Gasteiger charge is -2.06. The number of ether oxygens (including phenoxy) is 1. The first-order valence-electron chi connectivity index (χ1n) is 3.55. The quantitative estimate of drug-likeness (QED) is 0.508. The number of carbonyl (C=O) groups is 1. The van der Waals surface area contributed by atoms with Crippen LogP contribution in [-0.2, 0) is 28.6 Å². The molecule has 0 radical (unpaired) electrons. The van der Waals surface area contributed by atoms with Gasteiger partial charge in [-0.05, 0) is 5.56 Å². The van der Waals surface area contributed by atoms with Crippen molar-refractivity contribution in [3.8, 4) is 0 Å². The molecule has 0 saturated heterocycles. The normalized spacial score (nSPS) is 9.42. The van der Waals surface area contributed by atoms with E-state index in [4.69, 9.17) is 12.6 Å². The molecule has 2 nitrogen and oxygen atoms in total. The number of carbonyl (C=O) groups excluding carboxylic acids is 1. The minimum absolute atomic E-state index is 0.240. The van der Waals surface area contributed by atoms with Crippen LogP contribution >= 0.6 is 0 Å².